The average molecular weight is 274 g/mol. The van der Waals surface area contributed by atoms with Crippen LogP contribution in [-0.2, 0) is 4.74 Å². The Morgan fingerprint density at radius 3 is 2.58 bits per heavy atom. The zero-order valence-electron chi connectivity index (χ0n) is 11.5. The van der Waals surface area contributed by atoms with Crippen molar-refractivity contribution in [2.24, 2.45) is 0 Å². The van der Waals surface area contributed by atoms with E-state index < -0.39 is 18.6 Å². The van der Waals surface area contributed by atoms with E-state index in [0.29, 0.717) is 5.75 Å². The Hall–Kier alpha value is -1.20. The summed E-state index contributed by atoms with van der Waals surface area (Å²) < 4.78 is 35.1. The molecule has 0 aliphatic carbocycles. The maximum atomic E-state index is 12.5. The number of aliphatic hydroxyl groups excluding tert-OH is 1. The molecule has 1 atom stereocenters. The summed E-state index contributed by atoms with van der Waals surface area (Å²) in [7, 11) is 0. The number of ether oxygens (including phenoxy) is 2. The number of aliphatic hydroxyl groups is 1. The van der Waals surface area contributed by atoms with E-state index in [1.807, 2.05) is 32.0 Å². The molecule has 1 rings (SSSR count). The summed E-state index contributed by atoms with van der Waals surface area (Å²) in [5.74, 6) is -2.20. The van der Waals surface area contributed by atoms with Gasteiger partial charge in [0.05, 0.1) is 6.61 Å². The molecule has 0 aromatic heterocycles. The molecule has 1 aromatic rings. The van der Waals surface area contributed by atoms with Crippen LogP contribution in [-0.4, -0.2) is 37.0 Å². The topological polar surface area (TPSA) is 38.7 Å². The van der Waals surface area contributed by atoms with Crippen LogP contribution in [0.15, 0.2) is 18.2 Å². The summed E-state index contributed by atoms with van der Waals surface area (Å²) in [6.45, 7) is 3.75. The fourth-order valence-corrected chi connectivity index (χ4v) is 1.47. The Balaban J connectivity index is 2.34. The Bertz CT molecular complexity index is 402. The van der Waals surface area contributed by atoms with E-state index >= 15 is 0 Å². The SMILES string of the molecule is Cc1ccc(C)c(OCC(O)COCC(C)(F)F)c1. The standard InChI is InChI=1S/C14H20F2O3/c1-10-4-5-11(2)13(6-10)19-8-12(17)7-18-9-14(3,15)16/h4-6,12,17H,7-9H2,1-3H3. The quantitative estimate of drug-likeness (QED) is 0.831. The molecule has 0 aliphatic rings. The van der Waals surface area contributed by atoms with Crippen molar-refractivity contribution in [2.45, 2.75) is 32.8 Å². The highest BCUT2D eigenvalue weighted by molar-refractivity contribution is 5.35. The molecule has 0 amide bonds. The van der Waals surface area contributed by atoms with Gasteiger partial charge in [0.15, 0.2) is 0 Å². The van der Waals surface area contributed by atoms with Crippen LogP contribution in [0.4, 0.5) is 8.78 Å². The van der Waals surface area contributed by atoms with Crippen LogP contribution in [0.1, 0.15) is 18.1 Å². The first-order chi connectivity index (χ1) is 8.78. The Morgan fingerprint density at radius 1 is 1.26 bits per heavy atom. The minimum atomic E-state index is -2.88. The largest absolute Gasteiger partial charge is 0.491 e. The number of aryl methyl sites for hydroxylation is 2. The smallest absolute Gasteiger partial charge is 0.268 e. The summed E-state index contributed by atoms with van der Waals surface area (Å²) in [4.78, 5) is 0. The first-order valence-corrected chi connectivity index (χ1v) is 6.11. The summed E-state index contributed by atoms with van der Waals surface area (Å²) in [5, 5.41) is 9.57. The zero-order chi connectivity index (χ0) is 14.5. The molecule has 0 fully saturated rings. The van der Waals surface area contributed by atoms with Crippen molar-refractivity contribution in [1.82, 2.24) is 0 Å². The van der Waals surface area contributed by atoms with Crippen LogP contribution in [0, 0.1) is 13.8 Å². The van der Waals surface area contributed by atoms with E-state index in [1.165, 1.54) is 0 Å². The van der Waals surface area contributed by atoms with Gasteiger partial charge in [-0.25, -0.2) is 8.78 Å². The zero-order valence-corrected chi connectivity index (χ0v) is 11.5. The second kappa shape index (κ2) is 6.82. The highest BCUT2D eigenvalue weighted by Gasteiger charge is 2.21. The van der Waals surface area contributed by atoms with E-state index in [1.54, 1.807) is 0 Å². The van der Waals surface area contributed by atoms with Crippen molar-refractivity contribution in [3.8, 4) is 5.75 Å². The molecule has 0 aliphatic heterocycles. The predicted octanol–water partition coefficient (Wildman–Crippen LogP) is 2.71. The van der Waals surface area contributed by atoms with Crippen molar-refractivity contribution in [3.05, 3.63) is 29.3 Å². The molecule has 19 heavy (non-hydrogen) atoms. The molecule has 1 aromatic carbocycles. The molecule has 0 heterocycles. The van der Waals surface area contributed by atoms with E-state index in [-0.39, 0.29) is 13.2 Å². The molecule has 5 heteroatoms. The molecular weight excluding hydrogens is 254 g/mol. The molecule has 0 saturated heterocycles. The van der Waals surface area contributed by atoms with Gasteiger partial charge in [-0.05, 0) is 31.0 Å². The maximum Gasteiger partial charge on any atom is 0.268 e. The van der Waals surface area contributed by atoms with Crippen LogP contribution >= 0.6 is 0 Å². The first kappa shape index (κ1) is 15.9. The van der Waals surface area contributed by atoms with Crippen LogP contribution in [0.2, 0.25) is 0 Å². The Labute approximate surface area is 112 Å². The van der Waals surface area contributed by atoms with Gasteiger partial charge in [0, 0.05) is 6.92 Å². The Morgan fingerprint density at radius 2 is 1.95 bits per heavy atom. The number of halogens is 2. The third-order valence-corrected chi connectivity index (χ3v) is 2.44. The van der Waals surface area contributed by atoms with Crippen molar-refractivity contribution in [3.63, 3.8) is 0 Å². The third-order valence-electron chi connectivity index (χ3n) is 2.44. The van der Waals surface area contributed by atoms with Gasteiger partial charge >= 0.3 is 0 Å². The number of hydrogen-bond donors (Lipinski definition) is 1. The van der Waals surface area contributed by atoms with Gasteiger partial charge in [0.25, 0.3) is 5.92 Å². The van der Waals surface area contributed by atoms with E-state index in [4.69, 9.17) is 9.47 Å². The fourth-order valence-electron chi connectivity index (χ4n) is 1.47. The van der Waals surface area contributed by atoms with Gasteiger partial charge in [-0.1, -0.05) is 12.1 Å². The van der Waals surface area contributed by atoms with Gasteiger partial charge in [-0.2, -0.15) is 0 Å². The minimum absolute atomic E-state index is 0.0135. The van der Waals surface area contributed by atoms with Gasteiger partial charge in [-0.15, -0.1) is 0 Å². The van der Waals surface area contributed by atoms with Crippen LogP contribution in [0.3, 0.4) is 0 Å². The lowest BCUT2D eigenvalue weighted by Crippen LogP contribution is -2.27. The van der Waals surface area contributed by atoms with E-state index in [9.17, 15) is 13.9 Å². The van der Waals surface area contributed by atoms with Crippen LogP contribution < -0.4 is 4.74 Å². The van der Waals surface area contributed by atoms with Crippen molar-refractivity contribution < 1.29 is 23.4 Å². The first-order valence-electron chi connectivity index (χ1n) is 6.11. The van der Waals surface area contributed by atoms with Crippen LogP contribution in [0.25, 0.3) is 0 Å². The third kappa shape index (κ3) is 6.50. The molecule has 0 radical (unpaired) electrons. The number of benzene rings is 1. The normalized spacial score (nSPS) is 13.4. The second-order valence-corrected chi connectivity index (χ2v) is 4.82. The lowest BCUT2D eigenvalue weighted by molar-refractivity contribution is -0.0831. The number of rotatable bonds is 7. The molecular formula is C14H20F2O3. The van der Waals surface area contributed by atoms with Crippen molar-refractivity contribution in [1.29, 1.82) is 0 Å². The minimum Gasteiger partial charge on any atom is -0.491 e. The monoisotopic (exact) mass is 274 g/mol. The highest BCUT2D eigenvalue weighted by atomic mass is 19.3. The van der Waals surface area contributed by atoms with Crippen LogP contribution in [0.5, 0.6) is 5.75 Å². The van der Waals surface area contributed by atoms with Gasteiger partial charge < -0.3 is 14.6 Å². The molecule has 1 unspecified atom stereocenters. The fraction of sp³-hybridized carbons (Fsp3) is 0.571. The van der Waals surface area contributed by atoms with Gasteiger partial charge in [0.2, 0.25) is 0 Å². The number of alkyl halides is 2. The average Bonchev–Trinajstić information content (AvgIpc) is 2.28. The molecule has 0 saturated carbocycles. The van der Waals surface area contributed by atoms with Crippen molar-refractivity contribution in [2.75, 3.05) is 19.8 Å². The predicted molar refractivity (Wildman–Crippen MR) is 68.9 cm³/mol. The van der Waals surface area contributed by atoms with Crippen molar-refractivity contribution >= 4 is 0 Å². The number of hydrogen-bond acceptors (Lipinski definition) is 3. The summed E-state index contributed by atoms with van der Waals surface area (Å²) in [6.07, 6.45) is -0.928. The lowest BCUT2D eigenvalue weighted by Gasteiger charge is -2.16. The lowest BCUT2D eigenvalue weighted by atomic mass is 10.1. The Kier molecular flexibility index (Phi) is 5.69. The van der Waals surface area contributed by atoms with E-state index in [0.717, 1.165) is 18.1 Å². The van der Waals surface area contributed by atoms with Gasteiger partial charge in [-0.3, -0.25) is 0 Å². The summed E-state index contributed by atoms with van der Waals surface area (Å²) in [6, 6.07) is 5.75. The van der Waals surface area contributed by atoms with E-state index in [2.05, 4.69) is 0 Å². The second-order valence-electron chi connectivity index (χ2n) is 4.82. The molecule has 0 spiro atoms. The molecule has 0 bridgehead atoms. The molecule has 108 valence electrons. The molecule has 3 nitrogen and oxygen atoms in total. The highest BCUT2D eigenvalue weighted by Crippen LogP contribution is 2.19. The molecule has 1 N–H and O–H groups in total. The summed E-state index contributed by atoms with van der Waals surface area (Å²) >= 11 is 0. The summed E-state index contributed by atoms with van der Waals surface area (Å²) in [5.41, 5.74) is 2.01. The maximum absolute atomic E-state index is 12.5. The van der Waals surface area contributed by atoms with Gasteiger partial charge in [0.1, 0.15) is 25.1 Å².